The van der Waals surface area contributed by atoms with E-state index < -0.39 is 0 Å². The quantitative estimate of drug-likeness (QED) is 0.768. The van der Waals surface area contributed by atoms with Gasteiger partial charge < -0.3 is 15.6 Å². The molecule has 3 N–H and O–H groups in total. The lowest BCUT2D eigenvalue weighted by atomic mass is 9.76. The number of hydrogen-bond acceptors (Lipinski definition) is 3. The molecule has 2 aliphatic rings. The van der Waals surface area contributed by atoms with Crippen LogP contribution >= 0.6 is 0 Å². The summed E-state index contributed by atoms with van der Waals surface area (Å²) in [6.45, 7) is 3.64. The van der Waals surface area contributed by atoms with E-state index in [1.54, 1.807) is 0 Å². The second-order valence-corrected chi connectivity index (χ2v) is 5.58. The van der Waals surface area contributed by atoms with Gasteiger partial charge in [0.15, 0.2) is 0 Å². The zero-order valence-electron chi connectivity index (χ0n) is 10.3. The van der Waals surface area contributed by atoms with Gasteiger partial charge in [0.2, 0.25) is 0 Å². The molecule has 0 spiro atoms. The number of rotatable bonds is 4. The standard InChI is InChI=1S/C13H25NO2/c1-2-10-5-6-13(8-10,9-14)12(15)11-4-3-7-16-11/h10-12,15H,2-9,14H2,1H3. The third-order valence-corrected chi connectivity index (χ3v) is 4.67. The molecule has 2 rings (SSSR count). The van der Waals surface area contributed by atoms with Crippen LogP contribution in [-0.4, -0.2) is 30.5 Å². The Kier molecular flexibility index (Phi) is 3.88. The highest BCUT2D eigenvalue weighted by molar-refractivity contribution is 4.98. The van der Waals surface area contributed by atoms with E-state index in [2.05, 4.69) is 6.92 Å². The monoisotopic (exact) mass is 227 g/mol. The van der Waals surface area contributed by atoms with E-state index in [1.807, 2.05) is 0 Å². The molecular formula is C13H25NO2. The maximum absolute atomic E-state index is 10.5. The molecule has 0 aromatic heterocycles. The molecule has 4 atom stereocenters. The van der Waals surface area contributed by atoms with Crippen LogP contribution in [0.15, 0.2) is 0 Å². The molecule has 3 heteroatoms. The van der Waals surface area contributed by atoms with Crippen molar-refractivity contribution in [1.82, 2.24) is 0 Å². The Morgan fingerprint density at radius 2 is 2.31 bits per heavy atom. The summed E-state index contributed by atoms with van der Waals surface area (Å²) in [5.41, 5.74) is 5.88. The van der Waals surface area contributed by atoms with Crippen molar-refractivity contribution in [2.75, 3.05) is 13.2 Å². The predicted octanol–water partition coefficient (Wildman–Crippen LogP) is 1.68. The number of ether oxygens (including phenoxy) is 1. The molecule has 1 heterocycles. The highest BCUT2D eigenvalue weighted by atomic mass is 16.5. The van der Waals surface area contributed by atoms with Crippen molar-refractivity contribution in [2.24, 2.45) is 17.1 Å². The topological polar surface area (TPSA) is 55.5 Å². The molecule has 2 fully saturated rings. The first-order valence-corrected chi connectivity index (χ1v) is 6.71. The SMILES string of the molecule is CCC1CCC(CN)(C(O)C2CCCO2)C1. The van der Waals surface area contributed by atoms with Crippen LogP contribution < -0.4 is 5.73 Å². The minimum atomic E-state index is -0.350. The summed E-state index contributed by atoms with van der Waals surface area (Å²) >= 11 is 0. The van der Waals surface area contributed by atoms with E-state index in [1.165, 1.54) is 12.8 Å². The van der Waals surface area contributed by atoms with Crippen LogP contribution in [0.25, 0.3) is 0 Å². The first-order chi connectivity index (χ1) is 7.72. The van der Waals surface area contributed by atoms with Gasteiger partial charge in [-0.1, -0.05) is 13.3 Å². The van der Waals surface area contributed by atoms with Gasteiger partial charge in [-0.2, -0.15) is 0 Å². The van der Waals surface area contributed by atoms with Crippen molar-refractivity contribution in [3.05, 3.63) is 0 Å². The van der Waals surface area contributed by atoms with Crippen LogP contribution in [0.3, 0.4) is 0 Å². The Labute approximate surface area is 98.4 Å². The van der Waals surface area contributed by atoms with E-state index in [4.69, 9.17) is 10.5 Å². The van der Waals surface area contributed by atoms with Gasteiger partial charge in [0.1, 0.15) is 0 Å². The normalized spacial score (nSPS) is 41.4. The number of hydrogen-bond donors (Lipinski definition) is 2. The van der Waals surface area contributed by atoms with E-state index in [9.17, 15) is 5.11 Å². The lowest BCUT2D eigenvalue weighted by Gasteiger charge is -2.36. The van der Waals surface area contributed by atoms with Gasteiger partial charge in [-0.25, -0.2) is 0 Å². The van der Waals surface area contributed by atoms with Gasteiger partial charge in [-0.15, -0.1) is 0 Å². The molecule has 0 bridgehead atoms. The molecule has 0 aromatic carbocycles. The van der Waals surface area contributed by atoms with Crippen LogP contribution in [0.4, 0.5) is 0 Å². The Balaban J connectivity index is 2.03. The Morgan fingerprint density at radius 3 is 2.81 bits per heavy atom. The van der Waals surface area contributed by atoms with E-state index in [0.717, 1.165) is 38.2 Å². The van der Waals surface area contributed by atoms with Crippen molar-refractivity contribution in [3.8, 4) is 0 Å². The maximum atomic E-state index is 10.5. The molecule has 4 unspecified atom stereocenters. The zero-order valence-corrected chi connectivity index (χ0v) is 10.3. The molecule has 1 aliphatic carbocycles. The summed E-state index contributed by atoms with van der Waals surface area (Å²) in [7, 11) is 0. The van der Waals surface area contributed by atoms with E-state index in [-0.39, 0.29) is 17.6 Å². The van der Waals surface area contributed by atoms with Crippen LogP contribution in [0.5, 0.6) is 0 Å². The molecule has 1 aliphatic heterocycles. The molecule has 0 amide bonds. The van der Waals surface area contributed by atoms with Crippen LogP contribution in [-0.2, 0) is 4.74 Å². The van der Waals surface area contributed by atoms with E-state index in [0.29, 0.717) is 6.54 Å². The van der Waals surface area contributed by atoms with Gasteiger partial charge in [-0.3, -0.25) is 0 Å². The number of aliphatic hydroxyl groups excluding tert-OH is 1. The minimum Gasteiger partial charge on any atom is -0.390 e. The Bertz CT molecular complexity index is 228. The van der Waals surface area contributed by atoms with Crippen LogP contribution in [0.1, 0.15) is 45.4 Å². The Hall–Kier alpha value is -0.120. The first kappa shape index (κ1) is 12.3. The number of aliphatic hydroxyl groups is 1. The summed E-state index contributed by atoms with van der Waals surface area (Å²) in [5.74, 6) is 0.750. The third-order valence-electron chi connectivity index (χ3n) is 4.67. The summed E-state index contributed by atoms with van der Waals surface area (Å²) in [4.78, 5) is 0. The molecule has 3 nitrogen and oxygen atoms in total. The highest BCUT2D eigenvalue weighted by Gasteiger charge is 2.46. The molecule has 1 saturated heterocycles. The lowest BCUT2D eigenvalue weighted by molar-refractivity contribution is -0.0709. The summed E-state index contributed by atoms with van der Waals surface area (Å²) in [6, 6.07) is 0. The fourth-order valence-electron chi connectivity index (χ4n) is 3.44. The van der Waals surface area contributed by atoms with Crippen molar-refractivity contribution < 1.29 is 9.84 Å². The number of nitrogens with two attached hydrogens (primary N) is 1. The van der Waals surface area contributed by atoms with Crippen molar-refractivity contribution >= 4 is 0 Å². The Morgan fingerprint density at radius 1 is 1.50 bits per heavy atom. The van der Waals surface area contributed by atoms with Crippen molar-refractivity contribution in [2.45, 2.75) is 57.7 Å². The average molecular weight is 227 g/mol. The van der Waals surface area contributed by atoms with Crippen molar-refractivity contribution in [1.29, 1.82) is 0 Å². The van der Waals surface area contributed by atoms with E-state index >= 15 is 0 Å². The molecule has 0 aromatic rings. The zero-order chi connectivity index (χ0) is 11.6. The molecular weight excluding hydrogens is 202 g/mol. The van der Waals surface area contributed by atoms with Crippen LogP contribution in [0, 0.1) is 11.3 Å². The summed E-state index contributed by atoms with van der Waals surface area (Å²) < 4.78 is 5.62. The second kappa shape index (κ2) is 5.03. The minimum absolute atomic E-state index is 0.0409. The summed E-state index contributed by atoms with van der Waals surface area (Å²) in [6.07, 6.45) is 6.36. The molecule has 16 heavy (non-hydrogen) atoms. The highest BCUT2D eigenvalue weighted by Crippen LogP contribution is 2.46. The largest absolute Gasteiger partial charge is 0.390 e. The second-order valence-electron chi connectivity index (χ2n) is 5.58. The maximum Gasteiger partial charge on any atom is 0.0870 e. The fraction of sp³-hybridized carbons (Fsp3) is 1.00. The molecule has 94 valence electrons. The lowest BCUT2D eigenvalue weighted by Crippen LogP contribution is -2.46. The summed E-state index contributed by atoms with van der Waals surface area (Å²) in [5, 5.41) is 10.5. The average Bonchev–Trinajstić information content (AvgIpc) is 2.98. The van der Waals surface area contributed by atoms with Crippen molar-refractivity contribution in [3.63, 3.8) is 0 Å². The predicted molar refractivity (Wildman–Crippen MR) is 64.1 cm³/mol. The molecule has 1 saturated carbocycles. The smallest absolute Gasteiger partial charge is 0.0870 e. The van der Waals surface area contributed by atoms with Gasteiger partial charge >= 0.3 is 0 Å². The van der Waals surface area contributed by atoms with Crippen LogP contribution in [0.2, 0.25) is 0 Å². The molecule has 0 radical (unpaired) electrons. The van der Waals surface area contributed by atoms with Gasteiger partial charge in [0.05, 0.1) is 12.2 Å². The first-order valence-electron chi connectivity index (χ1n) is 6.71. The van der Waals surface area contributed by atoms with Gasteiger partial charge in [0.25, 0.3) is 0 Å². The third kappa shape index (κ3) is 2.13. The van der Waals surface area contributed by atoms with Gasteiger partial charge in [0, 0.05) is 18.6 Å². The van der Waals surface area contributed by atoms with Gasteiger partial charge in [-0.05, 0) is 38.0 Å². The fourth-order valence-corrected chi connectivity index (χ4v) is 3.44.